The van der Waals surface area contributed by atoms with Crippen molar-refractivity contribution in [2.24, 2.45) is 0 Å². The SMILES string of the molecule is C=CCOc1ccc(C2/C(=C(\O)c3ccc4c(c3)CC(C)O4)C(=O)C(=O)N2CCCN2CCOCC2)cc1. The van der Waals surface area contributed by atoms with Crippen molar-refractivity contribution in [3.63, 3.8) is 0 Å². The molecule has 2 atom stereocenters. The third kappa shape index (κ3) is 5.33. The lowest BCUT2D eigenvalue weighted by molar-refractivity contribution is -0.140. The Hall–Kier alpha value is -3.62. The molecule has 3 heterocycles. The number of nitrogens with zero attached hydrogens (tertiary/aromatic N) is 2. The summed E-state index contributed by atoms with van der Waals surface area (Å²) in [6, 6.07) is 12.0. The number of carbonyl (C=O) groups is 2. The standard InChI is InChI=1S/C30H34N2O6/c1-3-15-37-24-8-5-21(6-9-24)27-26(28(33)22-7-10-25-23(19-22)18-20(2)38-25)29(34)30(35)32(27)12-4-11-31-13-16-36-17-14-31/h3,5-10,19-20,27,33H,1,4,11-18H2,2H3/b28-26+. The number of carbonyl (C=O) groups excluding carboxylic acids is 2. The summed E-state index contributed by atoms with van der Waals surface area (Å²) in [4.78, 5) is 30.6. The Bertz CT molecular complexity index is 1230. The van der Waals surface area contributed by atoms with E-state index in [1.54, 1.807) is 29.2 Å². The molecule has 2 aromatic rings. The van der Waals surface area contributed by atoms with Gasteiger partial charge in [-0.15, -0.1) is 0 Å². The van der Waals surface area contributed by atoms with E-state index in [0.717, 1.165) is 42.9 Å². The van der Waals surface area contributed by atoms with E-state index in [1.165, 1.54) is 0 Å². The molecule has 3 aliphatic heterocycles. The third-order valence-electron chi connectivity index (χ3n) is 7.25. The van der Waals surface area contributed by atoms with Crippen LogP contribution in [-0.4, -0.2) is 78.7 Å². The van der Waals surface area contributed by atoms with Gasteiger partial charge in [0.25, 0.3) is 11.7 Å². The number of amides is 1. The van der Waals surface area contributed by atoms with Gasteiger partial charge in [-0.2, -0.15) is 0 Å². The molecule has 2 unspecified atom stereocenters. The van der Waals surface area contributed by atoms with E-state index in [9.17, 15) is 14.7 Å². The molecule has 2 saturated heterocycles. The number of Topliss-reactive ketones (excluding diaryl/α,β-unsaturated/α-hetero) is 1. The Morgan fingerprint density at radius 1 is 1.13 bits per heavy atom. The minimum absolute atomic E-state index is 0.0567. The highest BCUT2D eigenvalue weighted by Gasteiger charge is 2.46. The van der Waals surface area contributed by atoms with Gasteiger partial charge >= 0.3 is 0 Å². The summed E-state index contributed by atoms with van der Waals surface area (Å²) >= 11 is 0. The molecule has 3 aliphatic rings. The number of hydrogen-bond donors (Lipinski definition) is 1. The Morgan fingerprint density at radius 2 is 1.89 bits per heavy atom. The van der Waals surface area contributed by atoms with E-state index in [4.69, 9.17) is 14.2 Å². The van der Waals surface area contributed by atoms with Crippen LogP contribution in [0.1, 0.15) is 36.1 Å². The molecule has 0 aliphatic carbocycles. The van der Waals surface area contributed by atoms with Crippen LogP contribution in [0.15, 0.2) is 60.7 Å². The minimum atomic E-state index is -0.698. The average molecular weight is 519 g/mol. The fourth-order valence-electron chi connectivity index (χ4n) is 5.37. The van der Waals surface area contributed by atoms with E-state index in [0.29, 0.717) is 44.1 Å². The second-order valence-electron chi connectivity index (χ2n) is 9.92. The first-order valence-electron chi connectivity index (χ1n) is 13.2. The molecule has 2 aromatic carbocycles. The summed E-state index contributed by atoms with van der Waals surface area (Å²) < 4.78 is 16.8. The van der Waals surface area contributed by atoms with Crippen LogP contribution in [0.4, 0.5) is 0 Å². The summed E-state index contributed by atoms with van der Waals surface area (Å²) in [5.41, 5.74) is 2.32. The summed E-state index contributed by atoms with van der Waals surface area (Å²) in [5, 5.41) is 11.4. The lowest BCUT2D eigenvalue weighted by Gasteiger charge is -2.29. The van der Waals surface area contributed by atoms with Crippen molar-refractivity contribution in [1.82, 2.24) is 9.80 Å². The molecule has 38 heavy (non-hydrogen) atoms. The van der Waals surface area contributed by atoms with Crippen molar-refractivity contribution in [3.8, 4) is 11.5 Å². The van der Waals surface area contributed by atoms with Gasteiger partial charge in [-0.25, -0.2) is 0 Å². The molecule has 0 aromatic heterocycles. The molecule has 5 rings (SSSR count). The van der Waals surface area contributed by atoms with Gasteiger partial charge in [-0.05, 0) is 54.8 Å². The lowest BCUT2D eigenvalue weighted by Crippen LogP contribution is -2.38. The van der Waals surface area contributed by atoms with Crippen molar-refractivity contribution < 1.29 is 28.9 Å². The van der Waals surface area contributed by atoms with Crippen molar-refractivity contribution in [1.29, 1.82) is 0 Å². The third-order valence-corrected chi connectivity index (χ3v) is 7.25. The van der Waals surface area contributed by atoms with Crippen LogP contribution in [-0.2, 0) is 20.7 Å². The van der Waals surface area contributed by atoms with Gasteiger partial charge in [-0.1, -0.05) is 24.8 Å². The molecule has 1 N–H and O–H groups in total. The van der Waals surface area contributed by atoms with Crippen LogP contribution in [0, 0.1) is 0 Å². The topological polar surface area (TPSA) is 88.5 Å². The number of ketones is 1. The Kier molecular flexibility index (Phi) is 7.81. The van der Waals surface area contributed by atoms with Crippen LogP contribution < -0.4 is 9.47 Å². The van der Waals surface area contributed by atoms with Gasteiger partial charge in [0.2, 0.25) is 0 Å². The van der Waals surface area contributed by atoms with E-state index >= 15 is 0 Å². The first-order chi connectivity index (χ1) is 18.5. The number of hydrogen-bond acceptors (Lipinski definition) is 7. The van der Waals surface area contributed by atoms with Gasteiger partial charge in [0.05, 0.1) is 24.8 Å². The number of morpholine rings is 1. The minimum Gasteiger partial charge on any atom is -0.507 e. The number of aliphatic hydroxyl groups excluding tert-OH is 1. The molecule has 2 fully saturated rings. The van der Waals surface area contributed by atoms with E-state index in [2.05, 4.69) is 11.5 Å². The summed E-state index contributed by atoms with van der Waals surface area (Å²) in [5.74, 6) is 0.00732. The number of likely N-dealkylation sites (tertiary alicyclic amines) is 1. The fraction of sp³-hybridized carbons (Fsp3) is 0.400. The smallest absolute Gasteiger partial charge is 0.295 e. The van der Waals surface area contributed by atoms with Gasteiger partial charge in [0, 0.05) is 38.2 Å². The second-order valence-corrected chi connectivity index (χ2v) is 9.92. The van der Waals surface area contributed by atoms with Crippen molar-refractivity contribution in [2.45, 2.75) is 31.9 Å². The molecule has 200 valence electrons. The lowest BCUT2D eigenvalue weighted by atomic mass is 9.94. The van der Waals surface area contributed by atoms with Crippen molar-refractivity contribution >= 4 is 17.4 Å². The fourth-order valence-corrected chi connectivity index (χ4v) is 5.37. The molecular weight excluding hydrogens is 484 g/mol. The quantitative estimate of drug-likeness (QED) is 0.234. The maximum atomic E-state index is 13.4. The highest BCUT2D eigenvalue weighted by atomic mass is 16.5. The van der Waals surface area contributed by atoms with Crippen LogP contribution in [0.25, 0.3) is 5.76 Å². The average Bonchev–Trinajstić information content (AvgIpc) is 3.43. The van der Waals surface area contributed by atoms with Gasteiger partial charge < -0.3 is 24.2 Å². The molecule has 8 nitrogen and oxygen atoms in total. The number of ether oxygens (including phenoxy) is 3. The van der Waals surface area contributed by atoms with E-state index in [1.807, 2.05) is 31.2 Å². The summed E-state index contributed by atoms with van der Waals surface area (Å²) in [7, 11) is 0. The molecule has 0 spiro atoms. The predicted molar refractivity (Wildman–Crippen MR) is 143 cm³/mol. The second kappa shape index (κ2) is 11.4. The first-order valence-corrected chi connectivity index (χ1v) is 13.2. The van der Waals surface area contributed by atoms with Crippen LogP contribution in [0.2, 0.25) is 0 Å². The van der Waals surface area contributed by atoms with E-state index in [-0.39, 0.29) is 17.4 Å². The first kappa shape index (κ1) is 26.0. The molecule has 0 bridgehead atoms. The molecule has 0 saturated carbocycles. The van der Waals surface area contributed by atoms with Crippen molar-refractivity contribution in [2.75, 3.05) is 46.0 Å². The zero-order valence-corrected chi connectivity index (χ0v) is 21.7. The summed E-state index contributed by atoms with van der Waals surface area (Å²) in [6.07, 6.45) is 3.15. The highest BCUT2D eigenvalue weighted by Crippen LogP contribution is 2.41. The molecule has 1 amide bonds. The van der Waals surface area contributed by atoms with Crippen LogP contribution >= 0.6 is 0 Å². The predicted octanol–water partition coefficient (Wildman–Crippen LogP) is 3.72. The maximum Gasteiger partial charge on any atom is 0.295 e. The Balaban J connectivity index is 1.47. The van der Waals surface area contributed by atoms with Gasteiger partial charge in [0.1, 0.15) is 30.0 Å². The van der Waals surface area contributed by atoms with E-state index < -0.39 is 17.7 Å². The number of fused-ring (bicyclic) bond motifs is 1. The number of aliphatic hydroxyl groups is 1. The number of benzene rings is 2. The Labute approximate surface area is 223 Å². The highest BCUT2D eigenvalue weighted by molar-refractivity contribution is 6.46. The molecular formula is C30H34N2O6. The largest absolute Gasteiger partial charge is 0.507 e. The molecule has 0 radical (unpaired) electrons. The van der Waals surface area contributed by atoms with Gasteiger partial charge in [0.15, 0.2) is 0 Å². The summed E-state index contributed by atoms with van der Waals surface area (Å²) in [6.45, 7) is 10.4. The van der Waals surface area contributed by atoms with Crippen LogP contribution in [0.3, 0.4) is 0 Å². The van der Waals surface area contributed by atoms with Gasteiger partial charge in [-0.3, -0.25) is 14.5 Å². The Morgan fingerprint density at radius 3 is 2.63 bits per heavy atom. The zero-order valence-electron chi connectivity index (χ0n) is 21.7. The normalized spacial score (nSPS) is 22.8. The van der Waals surface area contributed by atoms with Crippen molar-refractivity contribution in [3.05, 3.63) is 77.4 Å². The number of rotatable bonds is 9. The maximum absolute atomic E-state index is 13.4. The molecule has 8 heteroatoms. The zero-order chi connectivity index (χ0) is 26.6. The van der Waals surface area contributed by atoms with Crippen LogP contribution in [0.5, 0.6) is 11.5 Å². The monoisotopic (exact) mass is 518 g/mol.